The van der Waals surface area contributed by atoms with Crippen molar-refractivity contribution in [2.45, 2.75) is 30.3 Å². The van der Waals surface area contributed by atoms with Crippen LogP contribution in [0, 0.1) is 0 Å². The quantitative estimate of drug-likeness (QED) is 0.643. The Labute approximate surface area is 120 Å². The van der Waals surface area contributed by atoms with Crippen LogP contribution < -0.4 is 5.32 Å². The first-order valence-corrected chi connectivity index (χ1v) is 7.68. The van der Waals surface area contributed by atoms with E-state index in [1.165, 1.54) is 37.3 Å². The lowest BCUT2D eigenvalue weighted by atomic mass is 10.2. The van der Waals surface area contributed by atoms with E-state index in [1.807, 2.05) is 6.07 Å². The highest BCUT2D eigenvalue weighted by atomic mass is 79.9. The van der Waals surface area contributed by atoms with Crippen LogP contribution in [0.4, 0.5) is 0 Å². The number of benzene rings is 1. The topological polar surface area (TPSA) is 38.3 Å². The molecule has 0 spiro atoms. The first-order chi connectivity index (χ1) is 8.69. The number of carbonyl (C=O) groups is 1. The van der Waals surface area contributed by atoms with Crippen molar-refractivity contribution >= 4 is 33.7 Å². The number of carbonyl (C=O) groups excluding carboxylic acids is 1. The van der Waals surface area contributed by atoms with Gasteiger partial charge in [0.05, 0.1) is 12.9 Å². The Morgan fingerprint density at radius 1 is 1.56 bits per heavy atom. The van der Waals surface area contributed by atoms with E-state index in [2.05, 4.69) is 38.1 Å². The summed E-state index contributed by atoms with van der Waals surface area (Å²) in [6, 6.07) is 6.97. The average molecular weight is 330 g/mol. The lowest BCUT2D eigenvalue weighted by Crippen LogP contribution is -2.15. The number of hydrogen-bond acceptors (Lipinski definition) is 4. The van der Waals surface area contributed by atoms with Crippen LogP contribution in [0.25, 0.3) is 0 Å². The molecule has 1 N–H and O–H groups in total. The fraction of sp³-hybridized carbons (Fsp3) is 0.462. The van der Waals surface area contributed by atoms with Gasteiger partial charge in [-0.25, -0.2) is 0 Å². The Morgan fingerprint density at radius 3 is 2.94 bits per heavy atom. The van der Waals surface area contributed by atoms with E-state index in [-0.39, 0.29) is 5.97 Å². The lowest BCUT2D eigenvalue weighted by Gasteiger charge is -2.07. The molecule has 1 aliphatic rings. The second kappa shape index (κ2) is 6.59. The summed E-state index contributed by atoms with van der Waals surface area (Å²) in [6.07, 6.45) is 2.60. The molecule has 1 fully saturated rings. The highest BCUT2D eigenvalue weighted by Gasteiger charge is 2.19. The van der Waals surface area contributed by atoms with Crippen molar-refractivity contribution in [3.05, 3.63) is 28.2 Å². The van der Waals surface area contributed by atoms with Gasteiger partial charge in [0.15, 0.2) is 0 Å². The Hall–Kier alpha value is -0.520. The van der Waals surface area contributed by atoms with Crippen molar-refractivity contribution in [3.63, 3.8) is 0 Å². The predicted molar refractivity (Wildman–Crippen MR) is 76.7 cm³/mol. The Morgan fingerprint density at radius 2 is 2.33 bits per heavy atom. The first kappa shape index (κ1) is 13.9. The van der Waals surface area contributed by atoms with Crippen molar-refractivity contribution < 1.29 is 9.53 Å². The van der Waals surface area contributed by atoms with Crippen molar-refractivity contribution in [2.75, 3.05) is 12.9 Å². The largest absolute Gasteiger partial charge is 0.468 e. The van der Waals surface area contributed by atoms with Crippen molar-refractivity contribution in [1.29, 1.82) is 0 Å². The summed E-state index contributed by atoms with van der Waals surface area (Å²) in [4.78, 5) is 12.1. The minimum Gasteiger partial charge on any atom is -0.468 e. The smallest absolute Gasteiger partial charge is 0.315 e. The highest BCUT2D eigenvalue weighted by molar-refractivity contribution is 9.10. The number of ether oxygens (including phenoxy) is 1. The van der Waals surface area contributed by atoms with Gasteiger partial charge in [-0.05, 0) is 46.5 Å². The van der Waals surface area contributed by atoms with E-state index < -0.39 is 0 Å². The highest BCUT2D eigenvalue weighted by Crippen LogP contribution is 2.29. The predicted octanol–water partition coefficient (Wildman–Crippen LogP) is 2.97. The third-order valence-corrected chi connectivity index (χ3v) is 4.71. The molecule has 0 atom stereocenters. The molecular formula is C13H16BrNO2S. The zero-order chi connectivity index (χ0) is 13.0. The minimum absolute atomic E-state index is 0.202. The summed E-state index contributed by atoms with van der Waals surface area (Å²) < 4.78 is 5.66. The van der Waals surface area contributed by atoms with Crippen LogP contribution in [-0.4, -0.2) is 24.9 Å². The van der Waals surface area contributed by atoms with E-state index >= 15 is 0 Å². The molecule has 1 aliphatic carbocycles. The molecule has 1 aromatic rings. The molecule has 1 saturated carbocycles. The number of esters is 1. The number of nitrogens with one attached hydrogen (secondary N) is 1. The summed E-state index contributed by atoms with van der Waals surface area (Å²) >= 11 is 5.02. The summed E-state index contributed by atoms with van der Waals surface area (Å²) in [7, 11) is 1.41. The molecule has 1 aromatic carbocycles. The molecule has 98 valence electrons. The lowest BCUT2D eigenvalue weighted by molar-refractivity contribution is -0.137. The zero-order valence-electron chi connectivity index (χ0n) is 10.2. The maximum Gasteiger partial charge on any atom is 0.315 e. The van der Waals surface area contributed by atoms with Gasteiger partial charge in [-0.3, -0.25) is 4.79 Å². The summed E-state index contributed by atoms with van der Waals surface area (Å²) in [5.74, 6) is 0.140. The second-order valence-electron chi connectivity index (χ2n) is 4.28. The molecule has 0 aromatic heterocycles. The molecule has 0 unspecified atom stereocenters. The molecule has 0 aliphatic heterocycles. The summed E-state index contributed by atoms with van der Waals surface area (Å²) in [6.45, 7) is 0.908. The zero-order valence-corrected chi connectivity index (χ0v) is 12.6. The summed E-state index contributed by atoms with van der Waals surface area (Å²) in [5.41, 5.74) is 1.26. The van der Waals surface area contributed by atoms with E-state index in [0.29, 0.717) is 5.75 Å². The number of methoxy groups -OCH3 is 1. The van der Waals surface area contributed by atoms with Gasteiger partial charge in [0.1, 0.15) is 0 Å². The van der Waals surface area contributed by atoms with E-state index in [1.54, 1.807) is 0 Å². The van der Waals surface area contributed by atoms with Gasteiger partial charge < -0.3 is 10.1 Å². The maximum atomic E-state index is 11.1. The second-order valence-corrected chi connectivity index (χ2v) is 6.16. The average Bonchev–Trinajstić information content (AvgIpc) is 3.18. The molecule has 0 radical (unpaired) electrons. The van der Waals surface area contributed by atoms with Crippen LogP contribution >= 0.6 is 27.7 Å². The molecule has 0 bridgehead atoms. The molecule has 0 heterocycles. The van der Waals surface area contributed by atoms with Crippen LogP contribution in [0.15, 0.2) is 27.6 Å². The van der Waals surface area contributed by atoms with Gasteiger partial charge in [-0.1, -0.05) is 6.07 Å². The van der Waals surface area contributed by atoms with Crippen LogP contribution in [0.5, 0.6) is 0 Å². The van der Waals surface area contributed by atoms with Gasteiger partial charge in [0, 0.05) is 22.0 Å². The molecule has 3 nitrogen and oxygen atoms in total. The van der Waals surface area contributed by atoms with E-state index in [9.17, 15) is 4.79 Å². The van der Waals surface area contributed by atoms with Crippen LogP contribution in [0.3, 0.4) is 0 Å². The van der Waals surface area contributed by atoms with E-state index in [0.717, 1.165) is 22.0 Å². The van der Waals surface area contributed by atoms with Gasteiger partial charge in [0.2, 0.25) is 0 Å². The normalized spacial score (nSPS) is 14.6. The third-order valence-electron chi connectivity index (χ3n) is 2.74. The van der Waals surface area contributed by atoms with Gasteiger partial charge in [-0.15, -0.1) is 11.8 Å². The fourth-order valence-electron chi connectivity index (χ4n) is 1.52. The van der Waals surface area contributed by atoms with Crippen molar-refractivity contribution in [3.8, 4) is 0 Å². The fourth-order valence-corrected chi connectivity index (χ4v) is 3.04. The molecule has 2 rings (SSSR count). The first-order valence-electron chi connectivity index (χ1n) is 5.90. The Bertz CT molecular complexity index is 435. The van der Waals surface area contributed by atoms with Crippen LogP contribution in [-0.2, 0) is 16.1 Å². The minimum atomic E-state index is -0.202. The Kier molecular flexibility index (Phi) is 5.09. The molecule has 5 heteroatoms. The van der Waals surface area contributed by atoms with Gasteiger partial charge in [-0.2, -0.15) is 0 Å². The molecular weight excluding hydrogens is 314 g/mol. The third kappa shape index (κ3) is 4.30. The number of thioether (sulfide) groups is 1. The Balaban J connectivity index is 1.89. The van der Waals surface area contributed by atoms with Crippen LogP contribution in [0.1, 0.15) is 18.4 Å². The van der Waals surface area contributed by atoms with E-state index in [4.69, 9.17) is 0 Å². The molecule has 0 amide bonds. The van der Waals surface area contributed by atoms with Gasteiger partial charge >= 0.3 is 5.97 Å². The summed E-state index contributed by atoms with van der Waals surface area (Å²) in [5, 5.41) is 3.48. The maximum absolute atomic E-state index is 11.1. The monoisotopic (exact) mass is 329 g/mol. The standard InChI is InChI=1S/C13H16BrNO2S/c1-17-13(16)8-18-12-5-2-9(6-11(12)14)7-15-10-3-4-10/h2,5-6,10,15H,3-4,7-8H2,1H3. The molecule has 0 saturated heterocycles. The number of halogens is 1. The number of hydrogen-bond donors (Lipinski definition) is 1. The van der Waals surface area contributed by atoms with Gasteiger partial charge in [0.25, 0.3) is 0 Å². The van der Waals surface area contributed by atoms with Crippen molar-refractivity contribution in [2.24, 2.45) is 0 Å². The van der Waals surface area contributed by atoms with Crippen molar-refractivity contribution in [1.82, 2.24) is 5.32 Å². The molecule has 18 heavy (non-hydrogen) atoms. The van der Waals surface area contributed by atoms with Crippen LogP contribution in [0.2, 0.25) is 0 Å². The SMILES string of the molecule is COC(=O)CSc1ccc(CNC2CC2)cc1Br. The number of rotatable bonds is 6.